The first-order chi connectivity index (χ1) is 12.2. The molecule has 4 nitrogen and oxygen atoms in total. The largest absolute Gasteiger partial charge is 0.496 e. The van der Waals surface area contributed by atoms with Gasteiger partial charge in [0, 0.05) is 22.4 Å². The maximum absolute atomic E-state index is 12.0. The molecule has 1 aromatic carbocycles. The number of carbonyl (C=O) groups excluding carboxylic acids is 1. The third-order valence-electron chi connectivity index (χ3n) is 4.31. The van der Waals surface area contributed by atoms with Gasteiger partial charge in [-0.1, -0.05) is 22.0 Å². The van der Waals surface area contributed by atoms with Crippen molar-refractivity contribution in [1.82, 2.24) is 4.98 Å². The van der Waals surface area contributed by atoms with Crippen LogP contribution in [-0.2, 0) is 4.74 Å². The van der Waals surface area contributed by atoms with E-state index in [1.54, 1.807) is 20.2 Å². The lowest BCUT2D eigenvalue weighted by molar-refractivity contribution is 0.0526. The summed E-state index contributed by atoms with van der Waals surface area (Å²) < 4.78 is 11.7. The van der Waals surface area contributed by atoms with Crippen molar-refractivity contribution in [3.05, 3.63) is 57.8 Å². The lowest BCUT2D eigenvalue weighted by atomic mass is 9.96. The van der Waals surface area contributed by atoms with Crippen LogP contribution in [0.3, 0.4) is 0 Å². The summed E-state index contributed by atoms with van der Waals surface area (Å²) in [6.07, 6.45) is 6.35. The summed E-state index contributed by atoms with van der Waals surface area (Å²) in [6.45, 7) is 2.15. The molecule has 0 saturated carbocycles. The van der Waals surface area contributed by atoms with E-state index in [0.29, 0.717) is 12.2 Å². The summed E-state index contributed by atoms with van der Waals surface area (Å²) in [5, 5.41) is 0. The molecule has 0 amide bonds. The van der Waals surface area contributed by atoms with Crippen molar-refractivity contribution in [1.29, 1.82) is 0 Å². The van der Waals surface area contributed by atoms with Gasteiger partial charge < -0.3 is 9.47 Å². The van der Waals surface area contributed by atoms with Gasteiger partial charge in [0.1, 0.15) is 5.75 Å². The van der Waals surface area contributed by atoms with Crippen LogP contribution < -0.4 is 4.74 Å². The summed E-state index contributed by atoms with van der Waals surface area (Å²) in [7, 11) is 1.68. The fourth-order valence-corrected chi connectivity index (χ4v) is 3.82. The molecule has 1 aliphatic carbocycles. The van der Waals surface area contributed by atoms with Gasteiger partial charge in [-0.25, -0.2) is 4.79 Å². The van der Waals surface area contributed by atoms with Gasteiger partial charge in [0.15, 0.2) is 0 Å². The maximum atomic E-state index is 12.0. The van der Waals surface area contributed by atoms with E-state index < -0.39 is 0 Å². The average Bonchev–Trinajstić information content (AvgIpc) is 3.11. The molecular formula is C20H20BrNO3. The Balaban J connectivity index is 2.09. The highest BCUT2D eigenvalue weighted by Gasteiger charge is 2.23. The quantitative estimate of drug-likeness (QED) is 0.651. The Morgan fingerprint density at radius 2 is 2.04 bits per heavy atom. The number of allylic oxidation sites excluding steroid dienone is 2. The third-order valence-corrected chi connectivity index (χ3v) is 4.97. The molecule has 2 aromatic rings. The second kappa shape index (κ2) is 7.83. The lowest BCUT2D eigenvalue weighted by Gasteiger charge is -2.14. The minimum absolute atomic E-state index is 0.338. The smallest absolute Gasteiger partial charge is 0.339 e. The molecule has 1 aliphatic rings. The number of halogens is 1. The summed E-state index contributed by atoms with van der Waals surface area (Å²) in [4.78, 5) is 16.3. The molecule has 130 valence electrons. The third kappa shape index (κ3) is 3.61. The van der Waals surface area contributed by atoms with Crippen molar-refractivity contribution in [3.63, 3.8) is 0 Å². The fraction of sp³-hybridized carbons (Fsp3) is 0.300. The Labute approximate surface area is 156 Å². The molecule has 1 aromatic heterocycles. The number of carbonyl (C=O) groups is 1. The zero-order valence-electron chi connectivity index (χ0n) is 14.3. The predicted molar refractivity (Wildman–Crippen MR) is 102 cm³/mol. The van der Waals surface area contributed by atoms with E-state index >= 15 is 0 Å². The minimum atomic E-state index is -0.338. The summed E-state index contributed by atoms with van der Waals surface area (Å²) >= 11 is 3.65. The molecule has 25 heavy (non-hydrogen) atoms. The van der Waals surface area contributed by atoms with E-state index in [0.717, 1.165) is 40.6 Å². The number of pyridine rings is 1. The van der Waals surface area contributed by atoms with E-state index in [1.807, 2.05) is 30.5 Å². The molecule has 0 radical (unpaired) electrons. The molecule has 1 heterocycles. The molecule has 5 heteroatoms. The number of esters is 1. The molecule has 0 spiro atoms. The minimum Gasteiger partial charge on any atom is -0.496 e. The van der Waals surface area contributed by atoms with Gasteiger partial charge in [-0.15, -0.1) is 0 Å². The van der Waals surface area contributed by atoms with Crippen LogP contribution in [-0.4, -0.2) is 24.7 Å². The van der Waals surface area contributed by atoms with Gasteiger partial charge in [-0.2, -0.15) is 0 Å². The monoisotopic (exact) mass is 401 g/mol. The molecule has 0 bridgehead atoms. The van der Waals surface area contributed by atoms with Crippen molar-refractivity contribution in [2.75, 3.05) is 13.7 Å². The molecule has 3 rings (SSSR count). The fourth-order valence-electron chi connectivity index (χ4n) is 3.24. The topological polar surface area (TPSA) is 48.4 Å². The first kappa shape index (κ1) is 17.7. The van der Waals surface area contributed by atoms with Crippen molar-refractivity contribution in [2.24, 2.45) is 0 Å². The number of ether oxygens (including phenoxy) is 2. The van der Waals surface area contributed by atoms with Crippen LogP contribution in [0.4, 0.5) is 0 Å². The van der Waals surface area contributed by atoms with Crippen LogP contribution in [0.15, 0.2) is 41.1 Å². The summed E-state index contributed by atoms with van der Waals surface area (Å²) in [6, 6.07) is 7.82. The molecule has 0 N–H and O–H groups in total. The number of rotatable bonds is 5. The number of methoxy groups -OCH3 is 1. The molecule has 0 saturated heterocycles. The zero-order valence-corrected chi connectivity index (χ0v) is 15.9. The Bertz CT molecular complexity index is 829. The highest BCUT2D eigenvalue weighted by molar-refractivity contribution is 9.10. The Morgan fingerprint density at radius 3 is 2.80 bits per heavy atom. The standard InChI is InChI=1S/C20H20BrNO3/c1-3-25-20(23)14-10-13(11-22-12-14)15-6-4-7-16(15)19-17(21)8-5-9-18(19)24-2/h5,8-12H,3-4,6-7H2,1-2H3. The second-order valence-electron chi connectivity index (χ2n) is 5.81. The van der Waals surface area contributed by atoms with Crippen molar-refractivity contribution in [2.45, 2.75) is 26.2 Å². The number of benzene rings is 1. The van der Waals surface area contributed by atoms with E-state index in [2.05, 4.69) is 20.9 Å². The van der Waals surface area contributed by atoms with Gasteiger partial charge >= 0.3 is 5.97 Å². The Morgan fingerprint density at radius 1 is 1.24 bits per heavy atom. The molecule has 0 aliphatic heterocycles. The maximum Gasteiger partial charge on any atom is 0.339 e. The van der Waals surface area contributed by atoms with Gasteiger partial charge in [0.25, 0.3) is 0 Å². The number of hydrogen-bond acceptors (Lipinski definition) is 4. The van der Waals surface area contributed by atoms with Crippen LogP contribution in [0.25, 0.3) is 11.1 Å². The van der Waals surface area contributed by atoms with Crippen molar-refractivity contribution >= 4 is 33.0 Å². The average molecular weight is 402 g/mol. The van der Waals surface area contributed by atoms with Crippen LogP contribution in [0.2, 0.25) is 0 Å². The molecule has 0 fully saturated rings. The highest BCUT2D eigenvalue weighted by Crippen LogP contribution is 2.45. The number of nitrogens with zero attached hydrogens (tertiary/aromatic N) is 1. The summed E-state index contributed by atoms with van der Waals surface area (Å²) in [5.74, 6) is 0.508. The predicted octanol–water partition coefficient (Wildman–Crippen LogP) is 5.12. The first-order valence-corrected chi connectivity index (χ1v) is 9.12. The SMILES string of the molecule is CCOC(=O)c1cncc(C2=C(c3c(Br)cccc3OC)CCC2)c1. The van der Waals surface area contributed by atoms with Gasteiger partial charge in [-0.3, -0.25) is 4.98 Å². The first-order valence-electron chi connectivity index (χ1n) is 8.33. The summed E-state index contributed by atoms with van der Waals surface area (Å²) in [5.41, 5.74) is 4.99. The van der Waals surface area contributed by atoms with Crippen LogP contribution in [0, 0.1) is 0 Å². The van der Waals surface area contributed by atoms with Crippen molar-refractivity contribution < 1.29 is 14.3 Å². The second-order valence-corrected chi connectivity index (χ2v) is 6.66. The van der Waals surface area contributed by atoms with E-state index in [-0.39, 0.29) is 5.97 Å². The van der Waals surface area contributed by atoms with Gasteiger partial charge in [0.2, 0.25) is 0 Å². The number of aromatic nitrogens is 1. The van der Waals surface area contributed by atoms with Crippen molar-refractivity contribution in [3.8, 4) is 5.75 Å². The highest BCUT2D eigenvalue weighted by atomic mass is 79.9. The van der Waals surface area contributed by atoms with E-state index in [1.165, 1.54) is 11.1 Å². The van der Waals surface area contributed by atoms with Crippen LogP contribution in [0.1, 0.15) is 47.7 Å². The Kier molecular flexibility index (Phi) is 5.53. The van der Waals surface area contributed by atoms with Gasteiger partial charge in [0.05, 0.1) is 19.3 Å². The van der Waals surface area contributed by atoms with Crippen LogP contribution in [0.5, 0.6) is 5.75 Å². The van der Waals surface area contributed by atoms with E-state index in [9.17, 15) is 4.79 Å². The normalized spacial score (nSPS) is 13.9. The number of hydrogen-bond donors (Lipinski definition) is 0. The van der Waals surface area contributed by atoms with Gasteiger partial charge in [-0.05, 0) is 61.1 Å². The van der Waals surface area contributed by atoms with Crippen LogP contribution >= 0.6 is 15.9 Å². The van der Waals surface area contributed by atoms with E-state index in [4.69, 9.17) is 9.47 Å². The molecule has 0 atom stereocenters. The zero-order chi connectivity index (χ0) is 17.8. The lowest BCUT2D eigenvalue weighted by Crippen LogP contribution is -2.05. The molecular weight excluding hydrogens is 382 g/mol. The Hall–Kier alpha value is -2.14. The molecule has 0 unspecified atom stereocenters.